The molecule has 0 atom stereocenters. The third-order valence-electron chi connectivity index (χ3n) is 2.91. The maximum Gasteiger partial charge on any atom is 0.334 e. The molecule has 0 N–H and O–H groups in total. The van der Waals surface area contributed by atoms with Crippen LogP contribution in [-0.4, -0.2) is 19.2 Å². The lowest BCUT2D eigenvalue weighted by atomic mass is 9.92. The van der Waals surface area contributed by atoms with E-state index < -0.39 is 5.60 Å². The Morgan fingerprint density at radius 3 is 2.76 bits per heavy atom. The highest BCUT2D eigenvalue weighted by atomic mass is 32.1. The first-order valence-electron chi connectivity index (χ1n) is 5.65. The monoisotopic (exact) mass is 252 g/mol. The summed E-state index contributed by atoms with van der Waals surface area (Å²) in [6.07, 6.45) is 1.43. The van der Waals surface area contributed by atoms with Crippen molar-refractivity contribution in [3.8, 4) is 0 Å². The van der Waals surface area contributed by atoms with Crippen LogP contribution >= 0.6 is 11.3 Å². The number of ether oxygens (including phenoxy) is 2. The third-order valence-corrected chi connectivity index (χ3v) is 3.96. The van der Waals surface area contributed by atoms with Gasteiger partial charge in [-0.1, -0.05) is 12.6 Å². The van der Waals surface area contributed by atoms with Crippen LogP contribution in [0.1, 0.15) is 24.6 Å². The van der Waals surface area contributed by atoms with Gasteiger partial charge in [-0.05, 0) is 18.4 Å². The van der Waals surface area contributed by atoms with Crippen molar-refractivity contribution in [2.24, 2.45) is 0 Å². The van der Waals surface area contributed by atoms with Gasteiger partial charge >= 0.3 is 5.97 Å². The molecule has 4 heteroatoms. The summed E-state index contributed by atoms with van der Waals surface area (Å²) in [5.74, 6) is -0.319. The summed E-state index contributed by atoms with van der Waals surface area (Å²) in [5.41, 5.74) is -0.0740. The molecule has 0 radical (unpaired) electrons. The molecule has 0 spiro atoms. The molecule has 0 bridgehead atoms. The fourth-order valence-corrected chi connectivity index (χ4v) is 2.82. The van der Waals surface area contributed by atoms with Crippen LogP contribution in [-0.2, 0) is 19.9 Å². The minimum Gasteiger partial charge on any atom is -0.450 e. The predicted octanol–water partition coefficient (Wildman–Crippen LogP) is 2.87. The third kappa shape index (κ3) is 2.58. The molecule has 1 saturated heterocycles. The Morgan fingerprint density at radius 1 is 1.53 bits per heavy atom. The van der Waals surface area contributed by atoms with Crippen molar-refractivity contribution in [2.45, 2.75) is 25.4 Å². The van der Waals surface area contributed by atoms with Gasteiger partial charge in [-0.3, -0.25) is 0 Å². The molecular weight excluding hydrogens is 236 g/mol. The maximum atomic E-state index is 11.8. The number of hydrogen-bond donors (Lipinski definition) is 0. The van der Waals surface area contributed by atoms with Crippen molar-refractivity contribution in [3.05, 3.63) is 34.5 Å². The van der Waals surface area contributed by atoms with Gasteiger partial charge in [0, 0.05) is 23.3 Å². The molecular formula is C13H16O3S. The molecule has 0 aliphatic carbocycles. The number of hydrogen-bond acceptors (Lipinski definition) is 4. The summed E-state index contributed by atoms with van der Waals surface area (Å²) in [6, 6.07) is 3.99. The Morgan fingerprint density at radius 2 is 2.24 bits per heavy atom. The molecule has 1 aromatic heterocycles. The van der Waals surface area contributed by atoms with Crippen LogP contribution in [0.25, 0.3) is 0 Å². The summed E-state index contributed by atoms with van der Waals surface area (Å²) in [7, 11) is 0. The van der Waals surface area contributed by atoms with Crippen LogP contribution in [0, 0.1) is 0 Å². The zero-order chi connectivity index (χ0) is 12.3. The normalized spacial score (nSPS) is 18.6. The van der Waals surface area contributed by atoms with Gasteiger partial charge < -0.3 is 9.47 Å². The van der Waals surface area contributed by atoms with Crippen LogP contribution in [0.15, 0.2) is 29.7 Å². The van der Waals surface area contributed by atoms with Crippen LogP contribution in [0.2, 0.25) is 0 Å². The van der Waals surface area contributed by atoms with Crippen molar-refractivity contribution in [1.82, 2.24) is 0 Å². The Hall–Kier alpha value is -1.13. The standard InChI is InChI=1S/C13H16O3S/c1-10(2)12(14)16-13(5-7-15-8-6-13)11-4-3-9-17-11/h3-4,9H,1,5-8H2,2H3. The second kappa shape index (κ2) is 5.02. The van der Waals surface area contributed by atoms with Gasteiger partial charge in [0.25, 0.3) is 0 Å². The second-order valence-corrected chi connectivity index (χ2v) is 5.20. The van der Waals surface area contributed by atoms with Crippen molar-refractivity contribution >= 4 is 17.3 Å². The van der Waals surface area contributed by atoms with Gasteiger partial charge in [0.1, 0.15) is 0 Å². The fraction of sp³-hybridized carbons (Fsp3) is 0.462. The van der Waals surface area contributed by atoms with E-state index in [2.05, 4.69) is 6.58 Å². The number of thiophene rings is 1. The molecule has 0 unspecified atom stereocenters. The SMILES string of the molecule is C=C(C)C(=O)OC1(c2cccs2)CCOCC1. The molecule has 0 saturated carbocycles. The zero-order valence-electron chi connectivity index (χ0n) is 9.90. The Bertz CT molecular complexity index is 402. The van der Waals surface area contributed by atoms with Crippen LogP contribution in [0.3, 0.4) is 0 Å². The van der Waals surface area contributed by atoms with Crippen LogP contribution in [0.5, 0.6) is 0 Å². The first-order chi connectivity index (χ1) is 8.14. The first-order valence-corrected chi connectivity index (χ1v) is 6.53. The number of esters is 1. The number of carbonyl (C=O) groups excluding carboxylic acids is 1. The number of rotatable bonds is 3. The van der Waals surface area contributed by atoms with Crippen molar-refractivity contribution in [3.63, 3.8) is 0 Å². The molecule has 1 aliphatic heterocycles. The predicted molar refractivity (Wildman–Crippen MR) is 67.0 cm³/mol. The van der Waals surface area contributed by atoms with Gasteiger partial charge in [-0.25, -0.2) is 4.79 Å². The molecule has 92 valence electrons. The molecule has 2 rings (SSSR count). The smallest absolute Gasteiger partial charge is 0.334 e. The van der Waals surface area contributed by atoms with E-state index in [1.807, 2.05) is 17.5 Å². The molecule has 1 aromatic rings. The molecule has 17 heavy (non-hydrogen) atoms. The fourth-order valence-electron chi connectivity index (χ4n) is 1.90. The summed E-state index contributed by atoms with van der Waals surface area (Å²) in [6.45, 7) is 6.55. The van der Waals surface area contributed by atoms with E-state index in [0.717, 1.165) is 4.88 Å². The van der Waals surface area contributed by atoms with Gasteiger partial charge in [0.15, 0.2) is 5.60 Å². The Labute approximate surface area is 105 Å². The second-order valence-electron chi connectivity index (χ2n) is 4.25. The number of carbonyl (C=O) groups is 1. The Balaban J connectivity index is 2.24. The molecule has 0 amide bonds. The lowest BCUT2D eigenvalue weighted by Gasteiger charge is -2.35. The van der Waals surface area contributed by atoms with Crippen molar-refractivity contribution in [1.29, 1.82) is 0 Å². The summed E-state index contributed by atoms with van der Waals surface area (Å²) in [4.78, 5) is 12.8. The minimum absolute atomic E-state index is 0.319. The van der Waals surface area contributed by atoms with Gasteiger partial charge in [-0.2, -0.15) is 0 Å². The van der Waals surface area contributed by atoms with Crippen molar-refractivity contribution < 1.29 is 14.3 Å². The van der Waals surface area contributed by atoms with E-state index in [9.17, 15) is 4.79 Å². The van der Waals surface area contributed by atoms with Crippen LogP contribution in [0.4, 0.5) is 0 Å². The topological polar surface area (TPSA) is 35.5 Å². The van der Waals surface area contributed by atoms with E-state index in [0.29, 0.717) is 31.6 Å². The summed E-state index contributed by atoms with van der Waals surface area (Å²) in [5, 5.41) is 2.00. The lowest BCUT2D eigenvalue weighted by molar-refractivity contribution is -0.166. The van der Waals surface area contributed by atoms with E-state index in [1.165, 1.54) is 0 Å². The molecule has 1 fully saturated rings. The van der Waals surface area contributed by atoms with Gasteiger partial charge in [0.05, 0.1) is 13.2 Å². The first kappa shape index (κ1) is 12.3. The average Bonchev–Trinajstić information content (AvgIpc) is 2.84. The van der Waals surface area contributed by atoms with Gasteiger partial charge in [-0.15, -0.1) is 11.3 Å². The molecule has 3 nitrogen and oxygen atoms in total. The zero-order valence-corrected chi connectivity index (χ0v) is 10.7. The van der Waals surface area contributed by atoms with E-state index in [4.69, 9.17) is 9.47 Å². The van der Waals surface area contributed by atoms with E-state index in [1.54, 1.807) is 18.3 Å². The van der Waals surface area contributed by atoms with Crippen LogP contribution < -0.4 is 0 Å². The lowest BCUT2D eigenvalue weighted by Crippen LogP contribution is -2.37. The highest BCUT2D eigenvalue weighted by Gasteiger charge is 2.39. The largest absolute Gasteiger partial charge is 0.450 e. The molecule has 1 aliphatic rings. The Kier molecular flexibility index (Phi) is 3.64. The minimum atomic E-state index is -0.511. The molecule has 0 aromatic carbocycles. The molecule has 2 heterocycles. The van der Waals surface area contributed by atoms with E-state index in [-0.39, 0.29) is 5.97 Å². The summed E-state index contributed by atoms with van der Waals surface area (Å²) < 4.78 is 11.0. The average molecular weight is 252 g/mol. The van der Waals surface area contributed by atoms with Crippen molar-refractivity contribution in [2.75, 3.05) is 13.2 Å². The summed E-state index contributed by atoms with van der Waals surface area (Å²) >= 11 is 1.62. The highest BCUT2D eigenvalue weighted by molar-refractivity contribution is 7.10. The highest BCUT2D eigenvalue weighted by Crippen LogP contribution is 2.39. The van der Waals surface area contributed by atoms with E-state index >= 15 is 0 Å². The maximum absolute atomic E-state index is 11.8. The quantitative estimate of drug-likeness (QED) is 0.613. The van der Waals surface area contributed by atoms with Gasteiger partial charge in [0.2, 0.25) is 0 Å².